The minimum atomic E-state index is 0.526. The molecule has 4 heteroatoms. The van der Waals surface area contributed by atoms with E-state index in [1.807, 2.05) is 12.3 Å². The minimum absolute atomic E-state index is 0.526. The van der Waals surface area contributed by atoms with Gasteiger partial charge in [0.05, 0.1) is 17.1 Å². The zero-order chi connectivity index (χ0) is 19.1. The van der Waals surface area contributed by atoms with Gasteiger partial charge in [-0.25, -0.2) is 15.0 Å². The van der Waals surface area contributed by atoms with Crippen LogP contribution in [0.2, 0.25) is 0 Å². The Morgan fingerprint density at radius 2 is 1.86 bits per heavy atom. The van der Waals surface area contributed by atoms with Crippen LogP contribution in [0.25, 0.3) is 28.3 Å². The topological polar surface area (TPSA) is 43.1 Å². The van der Waals surface area contributed by atoms with Crippen LogP contribution in [0.4, 0.5) is 0 Å². The van der Waals surface area contributed by atoms with Gasteiger partial charge in [0.2, 0.25) is 0 Å². The molecule has 1 aliphatic carbocycles. The highest BCUT2D eigenvalue weighted by Gasteiger charge is 2.27. The molecule has 0 radical (unpaired) electrons. The molecule has 0 atom stereocenters. The highest BCUT2D eigenvalue weighted by atomic mass is 15.0. The molecular weight excluding hydrogens is 344 g/mol. The van der Waals surface area contributed by atoms with Crippen molar-refractivity contribution in [3.8, 4) is 22.6 Å². The number of pyridine rings is 1. The van der Waals surface area contributed by atoms with Crippen LogP contribution in [0.3, 0.4) is 0 Å². The SMILES string of the molecule is CCCc1ccn2c(-c3ccnc(C4CC4)n3)c(-c3ccc(C)cc3)nc2c1. The van der Waals surface area contributed by atoms with Gasteiger partial charge in [-0.3, -0.25) is 4.40 Å². The molecule has 4 nitrogen and oxygen atoms in total. The molecule has 3 aromatic heterocycles. The first-order valence-corrected chi connectivity index (χ1v) is 10.1. The third-order valence-electron chi connectivity index (χ3n) is 5.41. The summed E-state index contributed by atoms with van der Waals surface area (Å²) in [5.41, 5.74) is 7.64. The molecule has 0 bridgehead atoms. The van der Waals surface area contributed by atoms with Crippen LogP contribution in [0.15, 0.2) is 54.9 Å². The van der Waals surface area contributed by atoms with E-state index in [0.29, 0.717) is 5.92 Å². The third-order valence-corrected chi connectivity index (χ3v) is 5.41. The zero-order valence-corrected chi connectivity index (χ0v) is 16.4. The van der Waals surface area contributed by atoms with Gasteiger partial charge in [0, 0.05) is 23.9 Å². The van der Waals surface area contributed by atoms with Crippen LogP contribution in [0, 0.1) is 6.92 Å². The van der Waals surface area contributed by atoms with Crippen LogP contribution in [0.5, 0.6) is 0 Å². The van der Waals surface area contributed by atoms with Gasteiger partial charge in [0.1, 0.15) is 11.5 Å². The Morgan fingerprint density at radius 1 is 1.04 bits per heavy atom. The second-order valence-corrected chi connectivity index (χ2v) is 7.76. The first-order valence-electron chi connectivity index (χ1n) is 10.1. The summed E-state index contributed by atoms with van der Waals surface area (Å²) < 4.78 is 2.17. The van der Waals surface area contributed by atoms with E-state index in [0.717, 1.165) is 47.0 Å². The smallest absolute Gasteiger partial charge is 0.138 e. The number of hydrogen-bond acceptors (Lipinski definition) is 3. The number of imidazole rings is 1. The minimum Gasteiger partial charge on any atom is -0.298 e. The largest absolute Gasteiger partial charge is 0.298 e. The van der Waals surface area contributed by atoms with Crippen molar-refractivity contribution in [3.05, 3.63) is 71.8 Å². The standard InChI is InChI=1S/C24H24N4/c1-3-4-17-12-14-28-21(15-17)27-22(18-7-5-16(2)6-8-18)23(28)20-11-13-25-24(26-20)19-9-10-19/h5-8,11-15,19H,3-4,9-10H2,1-2H3. The first kappa shape index (κ1) is 17.1. The highest BCUT2D eigenvalue weighted by Crippen LogP contribution is 2.39. The molecule has 5 rings (SSSR count). The van der Waals surface area contributed by atoms with Gasteiger partial charge >= 0.3 is 0 Å². The molecule has 0 N–H and O–H groups in total. The van der Waals surface area contributed by atoms with E-state index in [2.05, 4.69) is 65.8 Å². The van der Waals surface area contributed by atoms with Gasteiger partial charge in [0.25, 0.3) is 0 Å². The van der Waals surface area contributed by atoms with Gasteiger partial charge in [0.15, 0.2) is 0 Å². The highest BCUT2D eigenvalue weighted by molar-refractivity contribution is 5.80. The van der Waals surface area contributed by atoms with Crippen LogP contribution >= 0.6 is 0 Å². The van der Waals surface area contributed by atoms with E-state index in [-0.39, 0.29) is 0 Å². The number of fused-ring (bicyclic) bond motifs is 1. The lowest BCUT2D eigenvalue weighted by Crippen LogP contribution is -1.98. The fourth-order valence-corrected chi connectivity index (χ4v) is 3.73. The van der Waals surface area contributed by atoms with E-state index in [9.17, 15) is 0 Å². The Bertz CT molecular complexity index is 1140. The van der Waals surface area contributed by atoms with E-state index in [1.54, 1.807) is 0 Å². The number of hydrogen-bond donors (Lipinski definition) is 0. The van der Waals surface area contributed by atoms with E-state index >= 15 is 0 Å². The molecule has 0 aliphatic heterocycles. The van der Waals surface area contributed by atoms with Crippen molar-refractivity contribution in [2.24, 2.45) is 0 Å². The maximum absolute atomic E-state index is 5.02. The molecule has 1 aliphatic rings. The quantitative estimate of drug-likeness (QED) is 0.461. The van der Waals surface area contributed by atoms with Crippen molar-refractivity contribution >= 4 is 5.65 Å². The maximum atomic E-state index is 5.02. The Labute approximate surface area is 165 Å². The molecule has 1 aromatic carbocycles. The lowest BCUT2D eigenvalue weighted by Gasteiger charge is -2.07. The van der Waals surface area contributed by atoms with E-state index in [4.69, 9.17) is 9.97 Å². The Hall–Kier alpha value is -3.01. The van der Waals surface area contributed by atoms with Gasteiger partial charge in [-0.05, 0) is 49.9 Å². The van der Waals surface area contributed by atoms with Crippen LogP contribution in [-0.4, -0.2) is 19.4 Å². The molecule has 28 heavy (non-hydrogen) atoms. The predicted octanol–water partition coefficient (Wildman–Crippen LogP) is 5.60. The van der Waals surface area contributed by atoms with Crippen molar-refractivity contribution in [2.45, 2.75) is 45.4 Å². The van der Waals surface area contributed by atoms with Crippen LogP contribution in [-0.2, 0) is 6.42 Å². The van der Waals surface area contributed by atoms with Gasteiger partial charge in [-0.1, -0.05) is 43.2 Å². The number of benzene rings is 1. The molecule has 0 saturated heterocycles. The summed E-state index contributed by atoms with van der Waals surface area (Å²) in [7, 11) is 0. The number of aryl methyl sites for hydroxylation is 2. The average molecular weight is 368 g/mol. The number of aromatic nitrogens is 4. The normalized spacial score (nSPS) is 13.9. The molecular formula is C24H24N4. The fourth-order valence-electron chi connectivity index (χ4n) is 3.73. The second-order valence-electron chi connectivity index (χ2n) is 7.76. The Balaban J connectivity index is 1.73. The summed E-state index contributed by atoms with van der Waals surface area (Å²) >= 11 is 0. The summed E-state index contributed by atoms with van der Waals surface area (Å²) in [6.45, 7) is 4.32. The lowest BCUT2D eigenvalue weighted by atomic mass is 10.1. The molecule has 0 spiro atoms. The number of nitrogens with zero attached hydrogens (tertiary/aromatic N) is 4. The molecule has 4 aromatic rings. The van der Waals surface area contributed by atoms with Crippen molar-refractivity contribution in [3.63, 3.8) is 0 Å². The monoisotopic (exact) mass is 368 g/mol. The summed E-state index contributed by atoms with van der Waals surface area (Å²) in [5.74, 6) is 1.49. The average Bonchev–Trinajstić information content (AvgIpc) is 3.50. The molecule has 1 saturated carbocycles. The van der Waals surface area contributed by atoms with Gasteiger partial charge < -0.3 is 0 Å². The zero-order valence-electron chi connectivity index (χ0n) is 16.4. The van der Waals surface area contributed by atoms with Gasteiger partial charge in [-0.15, -0.1) is 0 Å². The molecule has 3 heterocycles. The maximum Gasteiger partial charge on any atom is 0.138 e. The van der Waals surface area contributed by atoms with E-state index in [1.165, 1.54) is 24.0 Å². The number of rotatable bonds is 5. The van der Waals surface area contributed by atoms with Gasteiger partial charge in [-0.2, -0.15) is 0 Å². The first-order chi connectivity index (χ1) is 13.7. The summed E-state index contributed by atoms with van der Waals surface area (Å²) in [6.07, 6.45) is 8.62. The molecule has 140 valence electrons. The predicted molar refractivity (Wildman–Crippen MR) is 112 cm³/mol. The molecule has 0 unspecified atom stereocenters. The molecule has 0 amide bonds. The van der Waals surface area contributed by atoms with Crippen molar-refractivity contribution < 1.29 is 0 Å². The Kier molecular flexibility index (Phi) is 4.19. The van der Waals surface area contributed by atoms with E-state index < -0.39 is 0 Å². The summed E-state index contributed by atoms with van der Waals surface area (Å²) in [6, 6.07) is 15.0. The second kappa shape index (κ2) is 6.86. The van der Waals surface area contributed by atoms with Crippen molar-refractivity contribution in [2.75, 3.05) is 0 Å². The van der Waals surface area contributed by atoms with Crippen molar-refractivity contribution in [1.82, 2.24) is 19.4 Å². The Morgan fingerprint density at radius 3 is 2.61 bits per heavy atom. The molecule has 1 fully saturated rings. The summed E-state index contributed by atoms with van der Waals surface area (Å²) in [4.78, 5) is 14.4. The lowest BCUT2D eigenvalue weighted by molar-refractivity contribution is 0.915. The van der Waals surface area contributed by atoms with Crippen LogP contribution < -0.4 is 0 Å². The summed E-state index contributed by atoms with van der Waals surface area (Å²) in [5, 5.41) is 0. The van der Waals surface area contributed by atoms with Crippen molar-refractivity contribution in [1.29, 1.82) is 0 Å². The third kappa shape index (κ3) is 3.09. The fraction of sp³-hybridized carbons (Fsp3) is 0.292. The van der Waals surface area contributed by atoms with Crippen LogP contribution in [0.1, 0.15) is 49.1 Å².